The Hall–Kier alpha value is -2.62. The SMILES string of the molecule is C=C1PC(NC(C)c2cccc(NC(=O)Cc3ccccc3F)c2)C=N/C1=C/C.CC(C)C.CCC. The van der Waals surface area contributed by atoms with Gasteiger partial charge in [-0.25, -0.2) is 4.39 Å². The maximum absolute atomic E-state index is 13.7. The molecule has 4 nitrogen and oxygen atoms in total. The fourth-order valence-electron chi connectivity index (χ4n) is 3.14. The van der Waals surface area contributed by atoms with Gasteiger partial charge in [0.1, 0.15) is 5.82 Å². The van der Waals surface area contributed by atoms with E-state index in [9.17, 15) is 9.18 Å². The zero-order valence-corrected chi connectivity index (χ0v) is 23.9. The van der Waals surface area contributed by atoms with Gasteiger partial charge in [-0.3, -0.25) is 15.1 Å². The van der Waals surface area contributed by atoms with Crippen LogP contribution in [0.5, 0.6) is 0 Å². The zero-order chi connectivity index (χ0) is 27.1. The maximum atomic E-state index is 13.7. The summed E-state index contributed by atoms with van der Waals surface area (Å²) in [6.07, 6.45) is 5.15. The van der Waals surface area contributed by atoms with Crippen molar-refractivity contribution in [1.82, 2.24) is 5.32 Å². The van der Waals surface area contributed by atoms with E-state index in [1.165, 1.54) is 12.5 Å². The fourth-order valence-corrected chi connectivity index (χ4v) is 4.35. The minimum Gasteiger partial charge on any atom is -0.326 e. The van der Waals surface area contributed by atoms with Crippen molar-refractivity contribution < 1.29 is 9.18 Å². The van der Waals surface area contributed by atoms with E-state index in [1.54, 1.807) is 18.2 Å². The lowest BCUT2D eigenvalue weighted by Crippen LogP contribution is -2.30. The second-order valence-corrected chi connectivity index (χ2v) is 10.8. The second kappa shape index (κ2) is 16.9. The molecule has 3 unspecified atom stereocenters. The topological polar surface area (TPSA) is 53.5 Å². The van der Waals surface area contributed by atoms with Crippen molar-refractivity contribution in [2.75, 3.05) is 5.32 Å². The van der Waals surface area contributed by atoms with Crippen LogP contribution in [0.1, 0.15) is 72.1 Å². The van der Waals surface area contributed by atoms with Crippen LogP contribution in [0, 0.1) is 11.7 Å². The molecule has 0 spiro atoms. The number of nitrogens with zero attached hydrogens (tertiary/aromatic N) is 1. The van der Waals surface area contributed by atoms with E-state index >= 15 is 0 Å². The van der Waals surface area contributed by atoms with Crippen LogP contribution in [-0.2, 0) is 11.2 Å². The predicted molar refractivity (Wildman–Crippen MR) is 157 cm³/mol. The number of hydrogen-bond donors (Lipinski definition) is 2. The van der Waals surface area contributed by atoms with Gasteiger partial charge >= 0.3 is 0 Å². The van der Waals surface area contributed by atoms with Crippen molar-refractivity contribution in [3.8, 4) is 0 Å². The van der Waals surface area contributed by atoms with Gasteiger partial charge in [0, 0.05) is 17.9 Å². The van der Waals surface area contributed by atoms with Crippen LogP contribution in [0.25, 0.3) is 0 Å². The number of carbonyl (C=O) groups is 1. The van der Waals surface area contributed by atoms with Crippen LogP contribution in [0.3, 0.4) is 0 Å². The first-order chi connectivity index (χ1) is 17.1. The summed E-state index contributed by atoms with van der Waals surface area (Å²) >= 11 is 0. The minimum absolute atomic E-state index is 0.000244. The number of halogens is 1. The average Bonchev–Trinajstić information content (AvgIpc) is 2.81. The molecule has 0 aromatic heterocycles. The number of benzene rings is 2. The Kier molecular flexibility index (Phi) is 14.8. The lowest BCUT2D eigenvalue weighted by Gasteiger charge is -2.25. The molecule has 0 fully saturated rings. The summed E-state index contributed by atoms with van der Waals surface area (Å²) in [5.74, 6) is 0.358. The largest absolute Gasteiger partial charge is 0.326 e. The van der Waals surface area contributed by atoms with Crippen molar-refractivity contribution in [2.45, 2.75) is 73.1 Å². The molecule has 2 N–H and O–H groups in total. The van der Waals surface area contributed by atoms with E-state index in [2.05, 4.69) is 63.7 Å². The Bertz CT molecular complexity index is 1030. The summed E-state index contributed by atoms with van der Waals surface area (Å²) in [5, 5.41) is 7.46. The molecule has 0 saturated heterocycles. The van der Waals surface area contributed by atoms with Gasteiger partial charge in [0.15, 0.2) is 0 Å². The van der Waals surface area contributed by atoms with Crippen molar-refractivity contribution >= 4 is 26.4 Å². The zero-order valence-electron chi connectivity index (χ0n) is 22.9. The molecule has 0 radical (unpaired) electrons. The molecule has 1 aliphatic heterocycles. The van der Waals surface area contributed by atoms with Crippen molar-refractivity contribution in [3.05, 3.63) is 89.1 Å². The summed E-state index contributed by atoms with van der Waals surface area (Å²) in [5.41, 5.74) is 3.08. The van der Waals surface area contributed by atoms with Crippen LogP contribution >= 0.6 is 8.58 Å². The van der Waals surface area contributed by atoms with Crippen LogP contribution < -0.4 is 10.6 Å². The summed E-state index contributed by atoms with van der Waals surface area (Å²) in [6.45, 7) is 18.9. The Labute approximate surface area is 219 Å². The highest BCUT2D eigenvalue weighted by Crippen LogP contribution is 2.36. The molecular weight excluding hydrogens is 468 g/mol. The van der Waals surface area contributed by atoms with Crippen molar-refractivity contribution in [3.63, 3.8) is 0 Å². The van der Waals surface area contributed by atoms with Gasteiger partial charge < -0.3 is 5.32 Å². The number of aliphatic imine (C=N–C) groups is 1. The molecule has 0 saturated carbocycles. The number of amides is 1. The second-order valence-electron chi connectivity index (χ2n) is 9.32. The molecular formula is C30H43FN3OP. The molecule has 1 heterocycles. The molecule has 0 aliphatic carbocycles. The van der Waals surface area contributed by atoms with E-state index in [0.29, 0.717) is 19.8 Å². The lowest BCUT2D eigenvalue weighted by atomic mass is 10.1. The number of rotatable bonds is 6. The van der Waals surface area contributed by atoms with E-state index in [0.717, 1.165) is 22.5 Å². The van der Waals surface area contributed by atoms with Gasteiger partial charge in [0.25, 0.3) is 0 Å². The number of anilines is 1. The molecule has 3 rings (SSSR count). The summed E-state index contributed by atoms with van der Waals surface area (Å²) < 4.78 is 13.7. The molecule has 2 aromatic carbocycles. The summed E-state index contributed by atoms with van der Waals surface area (Å²) in [6, 6.07) is 14.1. The fraction of sp³-hybridized carbons (Fsp3) is 0.400. The van der Waals surface area contributed by atoms with Gasteiger partial charge in [0.2, 0.25) is 5.91 Å². The van der Waals surface area contributed by atoms with E-state index in [4.69, 9.17) is 0 Å². The highest BCUT2D eigenvalue weighted by Gasteiger charge is 2.18. The number of carbonyl (C=O) groups excluding carboxylic acids is 1. The number of nitrogens with one attached hydrogen (secondary N) is 2. The van der Waals surface area contributed by atoms with Gasteiger partial charge in [-0.05, 0) is 54.4 Å². The van der Waals surface area contributed by atoms with E-state index < -0.39 is 0 Å². The normalized spacial score (nSPS) is 17.2. The van der Waals surface area contributed by atoms with Crippen LogP contribution in [0.15, 0.2) is 77.2 Å². The third-order valence-corrected chi connectivity index (χ3v) is 5.92. The molecule has 0 bridgehead atoms. The maximum Gasteiger partial charge on any atom is 0.228 e. The monoisotopic (exact) mass is 511 g/mol. The first kappa shape index (κ1) is 31.4. The third-order valence-electron chi connectivity index (χ3n) is 4.68. The third kappa shape index (κ3) is 11.9. The number of hydrogen-bond acceptors (Lipinski definition) is 3. The first-order valence-electron chi connectivity index (χ1n) is 12.7. The van der Waals surface area contributed by atoms with Gasteiger partial charge in [-0.15, -0.1) is 0 Å². The van der Waals surface area contributed by atoms with Crippen molar-refractivity contribution in [2.24, 2.45) is 10.9 Å². The predicted octanol–water partition coefficient (Wildman–Crippen LogP) is 8.24. The van der Waals surface area contributed by atoms with E-state index in [1.807, 2.05) is 43.5 Å². The Morgan fingerprint density at radius 1 is 1.14 bits per heavy atom. The first-order valence-corrected chi connectivity index (χ1v) is 13.7. The molecule has 2 aromatic rings. The lowest BCUT2D eigenvalue weighted by molar-refractivity contribution is -0.115. The smallest absolute Gasteiger partial charge is 0.228 e. The highest BCUT2D eigenvalue weighted by molar-refractivity contribution is 7.45. The molecule has 6 heteroatoms. The Morgan fingerprint density at radius 2 is 1.78 bits per heavy atom. The van der Waals surface area contributed by atoms with Crippen molar-refractivity contribution in [1.29, 1.82) is 0 Å². The van der Waals surface area contributed by atoms with Crippen LogP contribution in [0.2, 0.25) is 0 Å². The summed E-state index contributed by atoms with van der Waals surface area (Å²) in [7, 11) is 0.539. The standard InChI is InChI=1S/C23H25FN3OP.C4H10.C3H8/c1-4-21-16(3)29-23(14-25-21)26-15(2)17-9-7-10-19(12-17)27-22(28)13-18-8-5-6-11-20(18)24;1-4(2)3;1-3-2/h4-12,14-15,23,26,29H,3,13H2,1-2H3,(H,27,28);4H,1-3H3;3H2,1-2H3/b21-4+;;. The van der Waals surface area contributed by atoms with E-state index in [-0.39, 0.29) is 30.0 Å². The molecule has 196 valence electrons. The van der Waals surface area contributed by atoms with Gasteiger partial charge in [-0.1, -0.05) is 92.6 Å². The van der Waals surface area contributed by atoms with Gasteiger partial charge in [0.05, 0.1) is 17.9 Å². The molecule has 3 atom stereocenters. The Balaban J connectivity index is 0.000000825. The Morgan fingerprint density at radius 3 is 2.36 bits per heavy atom. The van der Waals surface area contributed by atoms with Gasteiger partial charge in [-0.2, -0.15) is 0 Å². The number of allylic oxidation sites excluding steroid dienone is 2. The van der Waals surface area contributed by atoms with Crippen LogP contribution in [0.4, 0.5) is 10.1 Å². The minimum atomic E-state index is -0.369. The summed E-state index contributed by atoms with van der Waals surface area (Å²) in [4.78, 5) is 16.8. The molecule has 36 heavy (non-hydrogen) atoms. The van der Waals surface area contributed by atoms with Crippen LogP contribution in [-0.4, -0.2) is 17.9 Å². The highest BCUT2D eigenvalue weighted by atomic mass is 31.1. The molecule has 1 amide bonds. The average molecular weight is 512 g/mol. The quantitative estimate of drug-likeness (QED) is 0.384. The molecule has 1 aliphatic rings.